The molecule has 0 saturated carbocycles. The molecule has 2 aliphatic rings. The molecule has 5 rings (SSSR count). The van der Waals surface area contributed by atoms with E-state index in [9.17, 15) is 0 Å². The standard InChI is InChI=1S/C23H25N5OS/c1-14(2)29-21-5-3-4-20(25-21)18-9-8-15-6-7-16(12-19(15)18)22-26-27-23(30-22)28-11-10-17(24)13-28/h3-7,9,12,14,17H,8,10-11,13,24H2,1-2H3/t17-/m1/s1. The van der Waals surface area contributed by atoms with Gasteiger partial charge in [0, 0.05) is 36.3 Å². The van der Waals surface area contributed by atoms with Gasteiger partial charge in [-0.15, -0.1) is 10.2 Å². The highest BCUT2D eigenvalue weighted by atomic mass is 32.1. The summed E-state index contributed by atoms with van der Waals surface area (Å²) in [5.41, 5.74) is 11.7. The first-order chi connectivity index (χ1) is 14.6. The van der Waals surface area contributed by atoms with Gasteiger partial charge in [0.25, 0.3) is 0 Å². The first-order valence-corrected chi connectivity index (χ1v) is 11.2. The van der Waals surface area contributed by atoms with E-state index >= 15 is 0 Å². The SMILES string of the molecule is CC(C)Oc1cccc(C2=CCc3ccc(-c4nnc(N5CC[C@@H](N)C5)s4)cc32)n1. The van der Waals surface area contributed by atoms with Gasteiger partial charge in [-0.1, -0.05) is 35.6 Å². The van der Waals surface area contributed by atoms with Gasteiger partial charge in [0.2, 0.25) is 11.0 Å². The van der Waals surface area contributed by atoms with Crippen molar-refractivity contribution in [1.29, 1.82) is 0 Å². The number of pyridine rings is 1. The number of anilines is 1. The summed E-state index contributed by atoms with van der Waals surface area (Å²) in [6.07, 6.45) is 4.26. The molecule has 2 N–H and O–H groups in total. The summed E-state index contributed by atoms with van der Waals surface area (Å²) < 4.78 is 5.79. The molecule has 2 aromatic heterocycles. The molecule has 0 amide bonds. The molecule has 1 aliphatic carbocycles. The van der Waals surface area contributed by atoms with Gasteiger partial charge < -0.3 is 15.4 Å². The van der Waals surface area contributed by atoms with E-state index in [-0.39, 0.29) is 12.1 Å². The van der Waals surface area contributed by atoms with Crippen LogP contribution in [0.3, 0.4) is 0 Å². The Morgan fingerprint density at radius 2 is 2.10 bits per heavy atom. The zero-order chi connectivity index (χ0) is 20.7. The Labute approximate surface area is 180 Å². The number of aromatic nitrogens is 3. The molecule has 30 heavy (non-hydrogen) atoms. The molecule has 1 aliphatic heterocycles. The number of benzene rings is 1. The van der Waals surface area contributed by atoms with Crippen molar-refractivity contribution in [2.75, 3.05) is 18.0 Å². The van der Waals surface area contributed by atoms with Gasteiger partial charge in [0.1, 0.15) is 5.01 Å². The predicted molar refractivity (Wildman–Crippen MR) is 121 cm³/mol. The average molecular weight is 420 g/mol. The van der Waals surface area contributed by atoms with Gasteiger partial charge in [0.05, 0.1) is 11.8 Å². The van der Waals surface area contributed by atoms with Crippen LogP contribution in [0.25, 0.3) is 16.1 Å². The summed E-state index contributed by atoms with van der Waals surface area (Å²) in [6, 6.07) is 12.7. The van der Waals surface area contributed by atoms with Gasteiger partial charge in [0.15, 0.2) is 0 Å². The third kappa shape index (κ3) is 3.70. The molecular weight excluding hydrogens is 394 g/mol. The van der Waals surface area contributed by atoms with Crippen LogP contribution in [0.5, 0.6) is 5.88 Å². The number of fused-ring (bicyclic) bond motifs is 1. The maximum absolute atomic E-state index is 6.04. The van der Waals surface area contributed by atoms with Crippen LogP contribution in [-0.4, -0.2) is 40.4 Å². The lowest BCUT2D eigenvalue weighted by Gasteiger charge is -2.12. The van der Waals surface area contributed by atoms with Crippen LogP contribution in [0.1, 0.15) is 37.1 Å². The molecule has 6 nitrogen and oxygen atoms in total. The second kappa shape index (κ2) is 7.81. The van der Waals surface area contributed by atoms with Crippen LogP contribution >= 0.6 is 11.3 Å². The van der Waals surface area contributed by atoms with Gasteiger partial charge >= 0.3 is 0 Å². The topological polar surface area (TPSA) is 77.2 Å². The van der Waals surface area contributed by atoms with Crippen LogP contribution in [0.4, 0.5) is 5.13 Å². The number of ether oxygens (including phenoxy) is 1. The Kier molecular flexibility index (Phi) is 5.00. The van der Waals surface area contributed by atoms with Gasteiger partial charge in [-0.2, -0.15) is 0 Å². The number of allylic oxidation sites excluding steroid dienone is 1. The second-order valence-corrected chi connectivity index (χ2v) is 9.06. The minimum atomic E-state index is 0.0981. The molecule has 1 atom stereocenters. The molecular formula is C23H25N5OS. The molecule has 1 aromatic carbocycles. The number of nitrogens with two attached hydrogens (primary N) is 1. The van der Waals surface area contributed by atoms with E-state index < -0.39 is 0 Å². The third-order valence-electron chi connectivity index (χ3n) is 5.44. The zero-order valence-corrected chi connectivity index (χ0v) is 18.0. The Bertz CT molecular complexity index is 1110. The maximum Gasteiger partial charge on any atom is 0.214 e. The maximum atomic E-state index is 6.04. The Morgan fingerprint density at radius 1 is 1.20 bits per heavy atom. The summed E-state index contributed by atoms with van der Waals surface area (Å²) in [5.74, 6) is 0.658. The van der Waals surface area contributed by atoms with Gasteiger partial charge in [-0.3, -0.25) is 0 Å². The van der Waals surface area contributed by atoms with Crippen molar-refractivity contribution in [1.82, 2.24) is 15.2 Å². The first-order valence-electron chi connectivity index (χ1n) is 10.4. The summed E-state index contributed by atoms with van der Waals surface area (Å²) in [4.78, 5) is 6.96. The number of hydrogen-bond acceptors (Lipinski definition) is 7. The number of hydrogen-bond donors (Lipinski definition) is 1. The monoisotopic (exact) mass is 419 g/mol. The van der Waals surface area contributed by atoms with Crippen molar-refractivity contribution in [3.05, 3.63) is 59.3 Å². The highest BCUT2D eigenvalue weighted by Gasteiger charge is 2.23. The van der Waals surface area contributed by atoms with Crippen molar-refractivity contribution in [3.63, 3.8) is 0 Å². The van der Waals surface area contributed by atoms with Crippen molar-refractivity contribution in [3.8, 4) is 16.5 Å². The van der Waals surface area contributed by atoms with E-state index in [1.54, 1.807) is 11.3 Å². The Morgan fingerprint density at radius 3 is 2.90 bits per heavy atom. The largest absolute Gasteiger partial charge is 0.475 e. The molecule has 3 aromatic rings. The van der Waals surface area contributed by atoms with Crippen LogP contribution in [0, 0.1) is 0 Å². The minimum absolute atomic E-state index is 0.0981. The molecule has 0 unspecified atom stereocenters. The average Bonchev–Trinajstić information content (AvgIpc) is 3.46. The third-order valence-corrected chi connectivity index (χ3v) is 6.47. The smallest absolute Gasteiger partial charge is 0.214 e. The fourth-order valence-electron chi connectivity index (χ4n) is 4.00. The van der Waals surface area contributed by atoms with Crippen LogP contribution < -0.4 is 15.4 Å². The normalized spacial score (nSPS) is 18.1. The second-order valence-electron chi connectivity index (χ2n) is 8.11. The quantitative estimate of drug-likeness (QED) is 0.676. The fourth-order valence-corrected chi connectivity index (χ4v) is 4.87. The Balaban J connectivity index is 1.43. The zero-order valence-electron chi connectivity index (χ0n) is 17.2. The lowest BCUT2D eigenvalue weighted by Crippen LogP contribution is -2.26. The van der Waals surface area contributed by atoms with Crippen molar-refractivity contribution in [2.24, 2.45) is 5.73 Å². The summed E-state index contributed by atoms with van der Waals surface area (Å²) in [5, 5.41) is 10.8. The molecule has 154 valence electrons. The first kappa shape index (κ1) is 19.2. The highest BCUT2D eigenvalue weighted by molar-refractivity contribution is 7.18. The molecule has 0 bridgehead atoms. The Hall–Kier alpha value is -2.77. The fraction of sp³-hybridized carbons (Fsp3) is 0.348. The van der Waals surface area contributed by atoms with Crippen molar-refractivity contribution in [2.45, 2.75) is 38.8 Å². The summed E-state index contributed by atoms with van der Waals surface area (Å²) >= 11 is 1.63. The molecule has 7 heteroatoms. The van der Waals surface area contributed by atoms with Crippen molar-refractivity contribution >= 4 is 22.0 Å². The predicted octanol–water partition coefficient (Wildman–Crippen LogP) is 3.91. The molecule has 0 spiro atoms. The van der Waals surface area contributed by atoms with E-state index in [1.807, 2.05) is 32.0 Å². The van der Waals surface area contributed by atoms with Gasteiger partial charge in [-0.25, -0.2) is 4.98 Å². The van der Waals surface area contributed by atoms with E-state index in [0.29, 0.717) is 5.88 Å². The summed E-state index contributed by atoms with van der Waals surface area (Å²) in [7, 11) is 0. The van der Waals surface area contributed by atoms with E-state index in [2.05, 4.69) is 39.4 Å². The van der Waals surface area contributed by atoms with E-state index in [0.717, 1.165) is 52.9 Å². The summed E-state index contributed by atoms with van der Waals surface area (Å²) in [6.45, 7) is 5.83. The van der Waals surface area contributed by atoms with E-state index in [1.165, 1.54) is 11.1 Å². The number of nitrogens with zero attached hydrogens (tertiary/aromatic N) is 4. The molecule has 1 saturated heterocycles. The van der Waals surface area contributed by atoms with Crippen LogP contribution in [-0.2, 0) is 6.42 Å². The van der Waals surface area contributed by atoms with Gasteiger partial charge in [-0.05, 0) is 49.9 Å². The van der Waals surface area contributed by atoms with Crippen molar-refractivity contribution < 1.29 is 4.74 Å². The number of rotatable bonds is 5. The van der Waals surface area contributed by atoms with Crippen LogP contribution in [0.15, 0.2) is 42.5 Å². The lowest BCUT2D eigenvalue weighted by atomic mass is 10.0. The minimum Gasteiger partial charge on any atom is -0.475 e. The van der Waals surface area contributed by atoms with Crippen LogP contribution in [0.2, 0.25) is 0 Å². The molecule has 0 radical (unpaired) electrons. The molecule has 1 fully saturated rings. The van der Waals surface area contributed by atoms with E-state index in [4.69, 9.17) is 15.5 Å². The molecule has 3 heterocycles. The highest BCUT2D eigenvalue weighted by Crippen LogP contribution is 2.37. The lowest BCUT2D eigenvalue weighted by molar-refractivity contribution is 0.232.